The van der Waals surface area contributed by atoms with Crippen molar-refractivity contribution in [1.29, 1.82) is 0 Å². The molecule has 4 rings (SSSR count). The van der Waals surface area contributed by atoms with Crippen LogP contribution in [0.15, 0.2) is 82.8 Å². The summed E-state index contributed by atoms with van der Waals surface area (Å²) < 4.78 is 13.5. The van der Waals surface area contributed by atoms with Gasteiger partial charge in [-0.2, -0.15) is 0 Å². The standard InChI is InChI=1S/C27H28ClFN4/c1-19-9-3-4-11-23(19)26(30-22-16-14-21(29)15-17-22)32-27(33-18-8-7-10-20(33)2)31-25-13-6-5-12-24(25)28/h3-6,9,11-17,20H,7-8,10,18H2,1-2H3,(H,30,31,32). The minimum atomic E-state index is -0.289. The number of hydrogen-bond donors (Lipinski definition) is 1. The van der Waals surface area contributed by atoms with Gasteiger partial charge in [-0.3, -0.25) is 0 Å². The van der Waals surface area contributed by atoms with E-state index in [0.717, 1.165) is 30.5 Å². The number of hydrogen-bond acceptors (Lipinski definition) is 2. The van der Waals surface area contributed by atoms with Gasteiger partial charge in [0.25, 0.3) is 0 Å². The largest absolute Gasteiger partial charge is 0.340 e. The molecule has 1 unspecified atom stereocenters. The normalized spacial score (nSPS) is 17.2. The highest BCUT2D eigenvalue weighted by atomic mass is 35.5. The topological polar surface area (TPSA) is 40.0 Å². The predicted octanol–water partition coefficient (Wildman–Crippen LogP) is 7.02. The van der Waals surface area contributed by atoms with Gasteiger partial charge in [-0.15, -0.1) is 0 Å². The molecule has 0 radical (unpaired) electrons. The van der Waals surface area contributed by atoms with Crippen molar-refractivity contribution < 1.29 is 4.39 Å². The average Bonchev–Trinajstić information content (AvgIpc) is 2.81. The van der Waals surface area contributed by atoms with Gasteiger partial charge in [0.2, 0.25) is 5.96 Å². The highest BCUT2D eigenvalue weighted by molar-refractivity contribution is 6.33. The number of halogens is 2. The second-order valence-corrected chi connectivity index (χ2v) is 8.71. The zero-order valence-electron chi connectivity index (χ0n) is 18.9. The van der Waals surface area contributed by atoms with E-state index < -0.39 is 0 Å². The van der Waals surface area contributed by atoms with Crippen molar-refractivity contribution in [2.75, 3.05) is 6.54 Å². The van der Waals surface area contributed by atoms with Crippen molar-refractivity contribution in [1.82, 2.24) is 10.2 Å². The molecule has 3 aromatic carbocycles. The number of nitrogens with one attached hydrogen (secondary N) is 1. The lowest BCUT2D eigenvalue weighted by molar-refractivity contribution is 0.253. The summed E-state index contributed by atoms with van der Waals surface area (Å²) in [5, 5.41) is 4.12. The third kappa shape index (κ3) is 5.79. The Morgan fingerprint density at radius 1 is 0.970 bits per heavy atom. The molecule has 0 spiro atoms. The van der Waals surface area contributed by atoms with Crippen molar-refractivity contribution in [3.63, 3.8) is 0 Å². The lowest BCUT2D eigenvalue weighted by Crippen LogP contribution is -2.50. The van der Waals surface area contributed by atoms with Crippen LogP contribution in [0.1, 0.15) is 37.3 Å². The molecule has 0 aromatic heterocycles. The van der Waals surface area contributed by atoms with Gasteiger partial charge in [0.1, 0.15) is 11.7 Å². The van der Waals surface area contributed by atoms with Crippen LogP contribution in [-0.4, -0.2) is 29.3 Å². The zero-order chi connectivity index (χ0) is 23.2. The Bertz CT molecular complexity index is 1160. The first kappa shape index (κ1) is 23.0. The first-order valence-corrected chi connectivity index (χ1v) is 11.7. The van der Waals surface area contributed by atoms with Crippen LogP contribution in [0, 0.1) is 12.7 Å². The molecule has 1 N–H and O–H groups in total. The van der Waals surface area contributed by atoms with E-state index in [0.29, 0.717) is 34.2 Å². The molecule has 3 aromatic rings. The second-order valence-electron chi connectivity index (χ2n) is 8.30. The Morgan fingerprint density at radius 2 is 1.70 bits per heavy atom. The van der Waals surface area contributed by atoms with E-state index in [9.17, 15) is 4.39 Å². The van der Waals surface area contributed by atoms with E-state index >= 15 is 0 Å². The molecule has 1 atom stereocenters. The van der Waals surface area contributed by atoms with Gasteiger partial charge >= 0.3 is 0 Å². The molecule has 0 saturated carbocycles. The number of amidine groups is 1. The Morgan fingerprint density at radius 3 is 2.42 bits per heavy atom. The van der Waals surface area contributed by atoms with E-state index in [1.54, 1.807) is 12.1 Å². The number of benzene rings is 3. The maximum Gasteiger partial charge on any atom is 0.205 e. The minimum absolute atomic E-state index is 0.289. The molecular weight excluding hydrogens is 435 g/mol. The summed E-state index contributed by atoms with van der Waals surface area (Å²) in [5.41, 5.74) is 3.39. The quantitative estimate of drug-likeness (QED) is 0.335. The van der Waals surface area contributed by atoms with Crippen LogP contribution >= 0.6 is 11.6 Å². The van der Waals surface area contributed by atoms with Gasteiger partial charge in [-0.1, -0.05) is 48.0 Å². The lowest BCUT2D eigenvalue weighted by atomic mass is 10.0. The Hall–Kier alpha value is -3.18. The Balaban J connectivity index is 1.80. The Labute approximate surface area is 199 Å². The summed E-state index contributed by atoms with van der Waals surface area (Å²) in [4.78, 5) is 12.1. The second kappa shape index (κ2) is 10.6. The van der Waals surface area contributed by atoms with Gasteiger partial charge < -0.3 is 10.2 Å². The monoisotopic (exact) mass is 462 g/mol. The third-order valence-electron chi connectivity index (χ3n) is 5.85. The van der Waals surface area contributed by atoms with Gasteiger partial charge in [0, 0.05) is 18.2 Å². The van der Waals surface area contributed by atoms with E-state index in [1.165, 1.54) is 18.6 Å². The van der Waals surface area contributed by atoms with Crippen LogP contribution in [0.3, 0.4) is 0 Å². The number of likely N-dealkylation sites (tertiary alicyclic amines) is 1. The maximum atomic E-state index is 13.5. The molecule has 0 aliphatic carbocycles. The van der Waals surface area contributed by atoms with Crippen LogP contribution in [0.5, 0.6) is 0 Å². The Kier molecular flexibility index (Phi) is 7.40. The van der Waals surface area contributed by atoms with Gasteiger partial charge in [0.15, 0.2) is 0 Å². The van der Waals surface area contributed by atoms with Gasteiger partial charge in [-0.25, -0.2) is 14.4 Å². The first-order valence-electron chi connectivity index (χ1n) is 11.3. The van der Waals surface area contributed by atoms with Crippen molar-refractivity contribution in [2.24, 2.45) is 9.98 Å². The summed E-state index contributed by atoms with van der Waals surface area (Å²) in [6.45, 7) is 5.16. The van der Waals surface area contributed by atoms with Crippen LogP contribution in [-0.2, 0) is 0 Å². The number of piperidine rings is 1. The molecule has 1 heterocycles. The minimum Gasteiger partial charge on any atom is -0.340 e. The SMILES string of the molecule is Cc1ccccc1/C(=N\c1ccc(F)cc1)N/C(=N/c1ccccc1Cl)N1CCCCC1C. The molecule has 1 aliphatic heterocycles. The number of para-hydroxylation sites is 1. The smallest absolute Gasteiger partial charge is 0.205 e. The molecule has 1 saturated heterocycles. The van der Waals surface area contributed by atoms with Gasteiger partial charge in [-0.05, 0) is 75.1 Å². The van der Waals surface area contributed by atoms with Crippen molar-refractivity contribution >= 4 is 34.8 Å². The fraction of sp³-hybridized carbons (Fsp3) is 0.259. The van der Waals surface area contributed by atoms with E-state index in [2.05, 4.69) is 17.1 Å². The molecule has 170 valence electrons. The molecular formula is C27H28ClFN4. The summed E-state index contributed by atoms with van der Waals surface area (Å²) in [7, 11) is 0. The number of nitrogens with zero attached hydrogens (tertiary/aromatic N) is 3. The zero-order valence-corrected chi connectivity index (χ0v) is 19.7. The van der Waals surface area contributed by atoms with Crippen LogP contribution in [0.4, 0.5) is 15.8 Å². The summed E-state index contributed by atoms with van der Waals surface area (Å²) >= 11 is 6.45. The third-order valence-corrected chi connectivity index (χ3v) is 6.17. The fourth-order valence-corrected chi connectivity index (χ4v) is 4.16. The summed E-state index contributed by atoms with van der Waals surface area (Å²) in [5.74, 6) is 1.07. The van der Waals surface area contributed by atoms with Crippen LogP contribution in [0.2, 0.25) is 5.02 Å². The molecule has 0 bridgehead atoms. The van der Waals surface area contributed by atoms with Crippen molar-refractivity contribution in [2.45, 2.75) is 39.2 Å². The first-order chi connectivity index (χ1) is 16.0. The van der Waals surface area contributed by atoms with Crippen LogP contribution in [0.25, 0.3) is 0 Å². The van der Waals surface area contributed by atoms with E-state index in [4.69, 9.17) is 21.6 Å². The molecule has 0 amide bonds. The predicted molar refractivity (Wildman–Crippen MR) is 135 cm³/mol. The van der Waals surface area contributed by atoms with Gasteiger partial charge in [0.05, 0.1) is 16.4 Å². The van der Waals surface area contributed by atoms with Crippen molar-refractivity contribution in [3.8, 4) is 0 Å². The molecule has 33 heavy (non-hydrogen) atoms. The van der Waals surface area contributed by atoms with Crippen molar-refractivity contribution in [3.05, 3.63) is 94.8 Å². The maximum absolute atomic E-state index is 13.5. The average molecular weight is 463 g/mol. The van der Waals surface area contributed by atoms with E-state index in [-0.39, 0.29) is 5.82 Å². The summed E-state index contributed by atoms with van der Waals surface area (Å²) in [6, 6.07) is 22.1. The highest BCUT2D eigenvalue weighted by Crippen LogP contribution is 2.26. The van der Waals surface area contributed by atoms with E-state index in [1.807, 2.05) is 55.5 Å². The number of aliphatic imine (C=N–C) groups is 2. The molecule has 6 heteroatoms. The molecule has 4 nitrogen and oxygen atoms in total. The van der Waals surface area contributed by atoms with Crippen LogP contribution < -0.4 is 5.32 Å². The summed E-state index contributed by atoms with van der Waals surface area (Å²) in [6.07, 6.45) is 3.39. The number of guanidine groups is 1. The lowest BCUT2D eigenvalue weighted by Gasteiger charge is -2.36. The number of aryl methyl sites for hydroxylation is 1. The molecule has 1 aliphatic rings. The number of rotatable bonds is 3. The fourth-order valence-electron chi connectivity index (χ4n) is 3.98. The highest BCUT2D eigenvalue weighted by Gasteiger charge is 2.24. The molecule has 1 fully saturated rings.